The van der Waals surface area contributed by atoms with Crippen LogP contribution in [0.15, 0.2) is 18.2 Å². The van der Waals surface area contributed by atoms with Gasteiger partial charge in [0.2, 0.25) is 0 Å². The summed E-state index contributed by atoms with van der Waals surface area (Å²) in [6.07, 6.45) is 3.67. The zero-order valence-corrected chi connectivity index (χ0v) is 11.2. The van der Waals surface area contributed by atoms with Gasteiger partial charge in [-0.25, -0.2) is 4.98 Å². The smallest absolute Gasteiger partial charge is 0.0938 e. The lowest BCUT2D eigenvalue weighted by Crippen LogP contribution is -2.09. The summed E-state index contributed by atoms with van der Waals surface area (Å²) in [7, 11) is 0. The Morgan fingerprint density at radius 1 is 1.47 bits per heavy atom. The summed E-state index contributed by atoms with van der Waals surface area (Å²) >= 11 is 7.76. The van der Waals surface area contributed by atoms with E-state index in [-0.39, 0.29) is 0 Å². The monoisotopic (exact) mass is 266 g/mol. The van der Waals surface area contributed by atoms with Crippen LogP contribution in [0.4, 0.5) is 0 Å². The van der Waals surface area contributed by atoms with Gasteiger partial charge in [-0.3, -0.25) is 0 Å². The van der Waals surface area contributed by atoms with E-state index in [1.165, 1.54) is 35.6 Å². The number of benzene rings is 1. The van der Waals surface area contributed by atoms with E-state index in [1.807, 2.05) is 12.1 Å². The number of nitrogens with one attached hydrogen (secondary N) is 1. The highest BCUT2D eigenvalue weighted by Crippen LogP contribution is 2.26. The number of hydrogen-bond acceptors (Lipinski definition) is 3. The number of aryl methyl sites for hydroxylation is 1. The Morgan fingerprint density at radius 3 is 3.24 bits per heavy atom. The van der Waals surface area contributed by atoms with Crippen molar-refractivity contribution >= 4 is 33.2 Å². The summed E-state index contributed by atoms with van der Waals surface area (Å²) < 4.78 is 1.24. The molecule has 1 aliphatic heterocycles. The van der Waals surface area contributed by atoms with E-state index in [4.69, 9.17) is 11.6 Å². The van der Waals surface area contributed by atoms with Crippen molar-refractivity contribution in [3.63, 3.8) is 0 Å². The van der Waals surface area contributed by atoms with Gasteiger partial charge in [0.25, 0.3) is 0 Å². The van der Waals surface area contributed by atoms with Gasteiger partial charge >= 0.3 is 0 Å². The average Bonchev–Trinajstić information content (AvgIpc) is 2.94. The fourth-order valence-electron chi connectivity index (χ4n) is 2.34. The summed E-state index contributed by atoms with van der Waals surface area (Å²) in [5, 5.41) is 5.43. The Morgan fingerprint density at radius 2 is 2.41 bits per heavy atom. The molecule has 2 aromatic rings. The molecule has 2 nitrogen and oxygen atoms in total. The van der Waals surface area contributed by atoms with Crippen molar-refractivity contribution in [2.45, 2.75) is 19.3 Å². The van der Waals surface area contributed by atoms with Crippen LogP contribution >= 0.6 is 22.9 Å². The summed E-state index contributed by atoms with van der Waals surface area (Å²) in [5.74, 6) is 0.839. The second-order valence-corrected chi connectivity index (χ2v) is 6.17. The van der Waals surface area contributed by atoms with Gasteiger partial charge in [-0.15, -0.1) is 11.3 Å². The lowest BCUT2D eigenvalue weighted by Gasteiger charge is -2.04. The van der Waals surface area contributed by atoms with Gasteiger partial charge in [0.15, 0.2) is 0 Å². The minimum atomic E-state index is 0.773. The molecule has 1 atom stereocenters. The first kappa shape index (κ1) is 11.5. The van der Waals surface area contributed by atoms with E-state index in [0.717, 1.165) is 22.9 Å². The topological polar surface area (TPSA) is 24.9 Å². The third kappa shape index (κ3) is 2.62. The molecule has 1 N–H and O–H groups in total. The molecule has 0 amide bonds. The molecule has 1 aromatic heterocycles. The predicted molar refractivity (Wildman–Crippen MR) is 73.9 cm³/mol. The van der Waals surface area contributed by atoms with E-state index in [0.29, 0.717) is 0 Å². The Kier molecular flexibility index (Phi) is 3.32. The van der Waals surface area contributed by atoms with Crippen molar-refractivity contribution in [1.82, 2.24) is 10.3 Å². The van der Waals surface area contributed by atoms with E-state index in [1.54, 1.807) is 11.3 Å². The molecule has 0 radical (unpaired) electrons. The molecule has 3 rings (SSSR count). The number of nitrogens with zero attached hydrogens (tertiary/aromatic N) is 1. The Labute approximate surface area is 110 Å². The second-order valence-electron chi connectivity index (χ2n) is 4.62. The predicted octanol–water partition coefficient (Wildman–Crippen LogP) is 3.49. The van der Waals surface area contributed by atoms with Crippen LogP contribution in [0, 0.1) is 5.92 Å². The van der Waals surface area contributed by atoms with Crippen LogP contribution in [0.3, 0.4) is 0 Å². The maximum Gasteiger partial charge on any atom is 0.0938 e. The van der Waals surface area contributed by atoms with Crippen molar-refractivity contribution in [1.29, 1.82) is 0 Å². The molecule has 0 bridgehead atoms. The highest BCUT2D eigenvalue weighted by Gasteiger charge is 2.15. The highest BCUT2D eigenvalue weighted by molar-refractivity contribution is 7.18. The Hall–Kier alpha value is -0.640. The number of halogens is 1. The van der Waals surface area contributed by atoms with Gasteiger partial charge in [0.05, 0.1) is 15.2 Å². The van der Waals surface area contributed by atoms with Crippen molar-refractivity contribution in [3.8, 4) is 0 Å². The third-order valence-corrected chi connectivity index (χ3v) is 4.65. The van der Waals surface area contributed by atoms with Crippen LogP contribution in [-0.4, -0.2) is 18.1 Å². The van der Waals surface area contributed by atoms with Crippen LogP contribution in [0.25, 0.3) is 10.2 Å². The standard InChI is InChI=1S/C13H15ClN2S/c14-10-2-3-12-11(7-10)16-13(17-12)4-1-9-5-6-15-8-9/h2-3,7,9,15H,1,4-6,8H2. The SMILES string of the molecule is Clc1ccc2sc(CCC3CCNC3)nc2c1. The molecule has 0 spiro atoms. The number of rotatable bonds is 3. The molecular weight excluding hydrogens is 252 g/mol. The van der Waals surface area contributed by atoms with Crippen molar-refractivity contribution in [2.24, 2.45) is 5.92 Å². The van der Waals surface area contributed by atoms with Crippen molar-refractivity contribution in [2.75, 3.05) is 13.1 Å². The van der Waals surface area contributed by atoms with Gasteiger partial charge in [-0.05, 0) is 56.5 Å². The van der Waals surface area contributed by atoms with Gasteiger partial charge in [-0.2, -0.15) is 0 Å². The third-order valence-electron chi connectivity index (χ3n) is 3.32. The van der Waals surface area contributed by atoms with Crippen molar-refractivity contribution < 1.29 is 0 Å². The molecular formula is C13H15ClN2S. The van der Waals surface area contributed by atoms with E-state index >= 15 is 0 Å². The van der Waals surface area contributed by atoms with E-state index < -0.39 is 0 Å². The summed E-state index contributed by atoms with van der Waals surface area (Å²) in [6, 6.07) is 5.96. The number of aromatic nitrogens is 1. The minimum Gasteiger partial charge on any atom is -0.316 e. The van der Waals surface area contributed by atoms with E-state index in [9.17, 15) is 0 Å². The van der Waals surface area contributed by atoms with Gasteiger partial charge in [0, 0.05) is 5.02 Å². The Balaban J connectivity index is 1.72. The molecule has 1 aliphatic rings. The number of hydrogen-bond donors (Lipinski definition) is 1. The van der Waals surface area contributed by atoms with Gasteiger partial charge in [0.1, 0.15) is 0 Å². The van der Waals surface area contributed by atoms with Gasteiger partial charge in [-0.1, -0.05) is 11.6 Å². The summed E-state index contributed by atoms with van der Waals surface area (Å²) in [5.41, 5.74) is 1.04. The molecule has 0 aliphatic carbocycles. The lowest BCUT2D eigenvalue weighted by atomic mass is 10.0. The lowest BCUT2D eigenvalue weighted by molar-refractivity contribution is 0.532. The first-order valence-corrected chi connectivity index (χ1v) is 7.26. The first-order chi connectivity index (χ1) is 8.31. The highest BCUT2D eigenvalue weighted by atomic mass is 35.5. The largest absolute Gasteiger partial charge is 0.316 e. The van der Waals surface area contributed by atoms with Crippen LogP contribution in [0.1, 0.15) is 17.8 Å². The normalized spacial score (nSPS) is 20.2. The summed E-state index contributed by atoms with van der Waals surface area (Å²) in [6.45, 7) is 2.36. The molecule has 17 heavy (non-hydrogen) atoms. The quantitative estimate of drug-likeness (QED) is 0.920. The zero-order valence-electron chi connectivity index (χ0n) is 9.58. The molecule has 1 unspecified atom stereocenters. The zero-order chi connectivity index (χ0) is 11.7. The van der Waals surface area contributed by atoms with Crippen LogP contribution in [0.5, 0.6) is 0 Å². The molecule has 1 fully saturated rings. The molecule has 1 aromatic carbocycles. The second kappa shape index (κ2) is 4.92. The molecule has 2 heterocycles. The van der Waals surface area contributed by atoms with Crippen LogP contribution in [-0.2, 0) is 6.42 Å². The number of fused-ring (bicyclic) bond motifs is 1. The van der Waals surface area contributed by atoms with Crippen LogP contribution < -0.4 is 5.32 Å². The minimum absolute atomic E-state index is 0.773. The fraction of sp³-hybridized carbons (Fsp3) is 0.462. The average molecular weight is 267 g/mol. The molecule has 1 saturated heterocycles. The molecule has 4 heteroatoms. The maximum absolute atomic E-state index is 5.96. The van der Waals surface area contributed by atoms with E-state index in [2.05, 4.69) is 16.4 Å². The van der Waals surface area contributed by atoms with Crippen molar-refractivity contribution in [3.05, 3.63) is 28.2 Å². The molecule has 90 valence electrons. The first-order valence-electron chi connectivity index (χ1n) is 6.07. The summed E-state index contributed by atoms with van der Waals surface area (Å²) in [4.78, 5) is 4.65. The van der Waals surface area contributed by atoms with Crippen LogP contribution in [0.2, 0.25) is 5.02 Å². The number of thiazole rings is 1. The van der Waals surface area contributed by atoms with Gasteiger partial charge < -0.3 is 5.32 Å². The Bertz CT molecular complexity index is 517. The maximum atomic E-state index is 5.96. The fourth-order valence-corrected chi connectivity index (χ4v) is 3.47. The molecule has 0 saturated carbocycles.